The Morgan fingerprint density at radius 1 is 1.42 bits per heavy atom. The molecule has 1 heterocycles. The molecule has 1 aromatic carbocycles. The summed E-state index contributed by atoms with van der Waals surface area (Å²) in [5, 5.41) is 3.41. The molecule has 0 aromatic heterocycles. The first kappa shape index (κ1) is 23.0. The van der Waals surface area contributed by atoms with E-state index in [0.29, 0.717) is 12.5 Å². The van der Waals surface area contributed by atoms with Gasteiger partial charge in [-0.05, 0) is 44.0 Å². The SMILES string of the molecule is COc1c(C(=O)N(C)C)cc(Cl)cc1S(=O)(=O)NCCC1CCNC1.Cl. The molecule has 1 saturated heterocycles. The minimum Gasteiger partial charge on any atom is -0.494 e. The molecule has 0 aliphatic carbocycles. The molecule has 10 heteroatoms. The predicted octanol–water partition coefficient (Wildman–Crippen LogP) is 1.75. The Hall–Kier alpha value is -1.06. The van der Waals surface area contributed by atoms with Crippen molar-refractivity contribution in [3.63, 3.8) is 0 Å². The zero-order valence-corrected chi connectivity index (χ0v) is 17.4. The Kier molecular flexibility index (Phi) is 8.62. The van der Waals surface area contributed by atoms with E-state index < -0.39 is 10.0 Å². The molecule has 1 aromatic rings. The summed E-state index contributed by atoms with van der Waals surface area (Å²) < 4.78 is 33.2. The van der Waals surface area contributed by atoms with Crippen LogP contribution in [-0.2, 0) is 10.0 Å². The molecule has 1 amide bonds. The number of rotatable bonds is 7. The van der Waals surface area contributed by atoms with Crippen molar-refractivity contribution in [2.75, 3.05) is 40.8 Å². The van der Waals surface area contributed by atoms with Gasteiger partial charge in [-0.2, -0.15) is 0 Å². The number of methoxy groups -OCH3 is 1. The molecule has 7 nitrogen and oxygen atoms in total. The van der Waals surface area contributed by atoms with Gasteiger partial charge in [-0.3, -0.25) is 4.79 Å². The Bertz CT molecular complexity index is 735. The molecule has 0 spiro atoms. The summed E-state index contributed by atoms with van der Waals surface area (Å²) in [7, 11) is 0.631. The third-order valence-corrected chi connectivity index (χ3v) is 5.84. The fraction of sp³-hybridized carbons (Fsp3) is 0.562. The number of amides is 1. The van der Waals surface area contributed by atoms with Crippen molar-refractivity contribution in [1.82, 2.24) is 14.9 Å². The van der Waals surface area contributed by atoms with E-state index in [-0.39, 0.29) is 39.5 Å². The maximum Gasteiger partial charge on any atom is 0.257 e. The van der Waals surface area contributed by atoms with Crippen LogP contribution in [0.1, 0.15) is 23.2 Å². The lowest BCUT2D eigenvalue weighted by molar-refractivity contribution is 0.0824. The van der Waals surface area contributed by atoms with Crippen LogP contribution < -0.4 is 14.8 Å². The zero-order chi connectivity index (χ0) is 18.6. The fourth-order valence-corrected chi connectivity index (χ4v) is 4.36. The molecule has 1 unspecified atom stereocenters. The fourth-order valence-electron chi connectivity index (χ4n) is 2.81. The van der Waals surface area contributed by atoms with Crippen LogP contribution in [0.15, 0.2) is 17.0 Å². The molecule has 2 N–H and O–H groups in total. The minimum atomic E-state index is -3.85. The molecule has 1 aliphatic rings. The van der Waals surface area contributed by atoms with Crippen molar-refractivity contribution >= 4 is 39.9 Å². The van der Waals surface area contributed by atoms with Crippen LogP contribution in [0.2, 0.25) is 5.02 Å². The van der Waals surface area contributed by atoms with Gasteiger partial charge in [0.15, 0.2) is 5.75 Å². The lowest BCUT2D eigenvalue weighted by atomic mass is 10.1. The Morgan fingerprint density at radius 3 is 2.65 bits per heavy atom. The molecule has 0 saturated carbocycles. The highest BCUT2D eigenvalue weighted by molar-refractivity contribution is 7.89. The highest BCUT2D eigenvalue weighted by atomic mass is 35.5. The molecule has 0 bridgehead atoms. The van der Waals surface area contributed by atoms with Gasteiger partial charge < -0.3 is 15.0 Å². The molecule has 148 valence electrons. The summed E-state index contributed by atoms with van der Waals surface area (Å²) in [5.74, 6) is 0.0841. The Balaban J connectivity index is 0.00000338. The zero-order valence-electron chi connectivity index (χ0n) is 15.0. The van der Waals surface area contributed by atoms with Gasteiger partial charge in [0.2, 0.25) is 10.0 Å². The third kappa shape index (κ3) is 5.47. The van der Waals surface area contributed by atoms with Crippen molar-refractivity contribution in [2.24, 2.45) is 5.92 Å². The summed E-state index contributed by atoms with van der Waals surface area (Å²) in [6, 6.07) is 2.71. The number of hydrogen-bond donors (Lipinski definition) is 2. The number of carbonyl (C=O) groups excluding carboxylic acids is 1. The van der Waals surface area contributed by atoms with Crippen molar-refractivity contribution in [1.29, 1.82) is 0 Å². The molecule has 26 heavy (non-hydrogen) atoms. The van der Waals surface area contributed by atoms with Crippen LogP contribution in [0, 0.1) is 5.92 Å². The average molecular weight is 426 g/mol. The first-order valence-electron chi connectivity index (χ1n) is 8.06. The van der Waals surface area contributed by atoms with Gasteiger partial charge in [0, 0.05) is 25.7 Å². The topological polar surface area (TPSA) is 87.7 Å². The van der Waals surface area contributed by atoms with Crippen molar-refractivity contribution in [2.45, 2.75) is 17.7 Å². The Morgan fingerprint density at radius 2 is 2.12 bits per heavy atom. The van der Waals surface area contributed by atoms with Crippen molar-refractivity contribution in [3.05, 3.63) is 22.7 Å². The molecule has 1 fully saturated rings. The first-order valence-corrected chi connectivity index (χ1v) is 9.92. The maximum absolute atomic E-state index is 12.7. The predicted molar refractivity (Wildman–Crippen MR) is 104 cm³/mol. The van der Waals surface area contributed by atoms with E-state index in [0.717, 1.165) is 25.9 Å². The number of hydrogen-bond acceptors (Lipinski definition) is 5. The largest absolute Gasteiger partial charge is 0.494 e. The van der Waals surface area contributed by atoms with E-state index in [1.54, 1.807) is 14.1 Å². The molecule has 0 radical (unpaired) electrons. The van der Waals surface area contributed by atoms with E-state index in [2.05, 4.69) is 10.0 Å². The van der Waals surface area contributed by atoms with Gasteiger partial charge in [0.1, 0.15) is 4.90 Å². The Labute approximate surface area is 165 Å². The standard InChI is InChI=1S/C16H24ClN3O4S.ClH/c1-20(2)16(21)13-8-12(17)9-14(15(13)24-3)25(22,23)19-7-5-11-4-6-18-10-11;/h8-9,11,18-19H,4-7,10H2,1-3H3;1H. The van der Waals surface area contributed by atoms with Crippen LogP contribution in [0.3, 0.4) is 0 Å². The molecule has 1 atom stereocenters. The van der Waals surface area contributed by atoms with Crippen LogP contribution in [0.25, 0.3) is 0 Å². The summed E-state index contributed by atoms with van der Waals surface area (Å²) in [6.07, 6.45) is 1.79. The van der Waals surface area contributed by atoms with E-state index in [9.17, 15) is 13.2 Å². The summed E-state index contributed by atoms with van der Waals surface area (Å²) in [5.41, 5.74) is 0.111. The van der Waals surface area contributed by atoms with Gasteiger partial charge >= 0.3 is 0 Å². The summed E-state index contributed by atoms with van der Waals surface area (Å²) in [4.78, 5) is 13.5. The number of ether oxygens (including phenoxy) is 1. The lowest BCUT2D eigenvalue weighted by Crippen LogP contribution is -2.28. The van der Waals surface area contributed by atoms with Crippen LogP contribution in [0.4, 0.5) is 0 Å². The maximum atomic E-state index is 12.7. The second-order valence-corrected chi connectivity index (χ2v) is 8.40. The normalized spacial score (nSPS) is 16.8. The lowest BCUT2D eigenvalue weighted by Gasteiger charge is -2.17. The van der Waals surface area contributed by atoms with Gasteiger partial charge in [-0.15, -0.1) is 12.4 Å². The van der Waals surface area contributed by atoms with Crippen molar-refractivity contribution in [3.8, 4) is 5.75 Å². The van der Waals surface area contributed by atoms with Crippen LogP contribution in [0.5, 0.6) is 5.75 Å². The van der Waals surface area contributed by atoms with Crippen LogP contribution >= 0.6 is 24.0 Å². The number of halogens is 2. The van der Waals surface area contributed by atoms with E-state index in [1.165, 1.54) is 24.1 Å². The second-order valence-electron chi connectivity index (χ2n) is 6.23. The number of nitrogens with one attached hydrogen (secondary N) is 2. The smallest absolute Gasteiger partial charge is 0.257 e. The monoisotopic (exact) mass is 425 g/mol. The average Bonchev–Trinajstić information content (AvgIpc) is 3.06. The highest BCUT2D eigenvalue weighted by Crippen LogP contribution is 2.32. The van der Waals surface area contributed by atoms with E-state index >= 15 is 0 Å². The van der Waals surface area contributed by atoms with E-state index in [4.69, 9.17) is 16.3 Å². The summed E-state index contributed by atoms with van der Waals surface area (Å²) >= 11 is 6.04. The number of carbonyl (C=O) groups is 1. The minimum absolute atomic E-state index is 0. The van der Waals surface area contributed by atoms with Crippen molar-refractivity contribution < 1.29 is 17.9 Å². The highest BCUT2D eigenvalue weighted by Gasteiger charge is 2.26. The molecular formula is C16H25Cl2N3O4S. The quantitative estimate of drug-likeness (QED) is 0.694. The van der Waals surface area contributed by atoms with Gasteiger partial charge in [-0.25, -0.2) is 13.1 Å². The first-order chi connectivity index (χ1) is 11.8. The number of nitrogens with zero attached hydrogens (tertiary/aromatic N) is 1. The summed E-state index contributed by atoms with van der Waals surface area (Å²) in [6.45, 7) is 2.19. The second kappa shape index (κ2) is 9.75. The van der Waals surface area contributed by atoms with Gasteiger partial charge in [-0.1, -0.05) is 11.6 Å². The van der Waals surface area contributed by atoms with Gasteiger partial charge in [0.05, 0.1) is 12.7 Å². The van der Waals surface area contributed by atoms with Gasteiger partial charge in [0.25, 0.3) is 5.91 Å². The van der Waals surface area contributed by atoms with Crippen LogP contribution in [-0.4, -0.2) is 60.1 Å². The molecule has 2 rings (SSSR count). The number of benzene rings is 1. The number of sulfonamides is 1. The molecule has 1 aliphatic heterocycles. The molecular weight excluding hydrogens is 401 g/mol. The van der Waals surface area contributed by atoms with E-state index in [1.807, 2.05) is 0 Å². The third-order valence-electron chi connectivity index (χ3n) is 4.16.